The molecule has 1 heterocycles. The van der Waals surface area contributed by atoms with Crippen molar-refractivity contribution in [3.8, 4) is 0 Å². The minimum absolute atomic E-state index is 0.0381. The molecule has 1 aliphatic rings. The molecule has 4 N–H and O–H groups in total. The fraction of sp³-hybridized carbons (Fsp3) is 0.400. The van der Waals surface area contributed by atoms with Gasteiger partial charge in [0.05, 0.1) is 5.71 Å². The molecule has 0 saturated carbocycles. The second-order valence-electron chi connectivity index (χ2n) is 5.15. The Balaban J connectivity index is 2.02. The van der Waals surface area contributed by atoms with Crippen molar-refractivity contribution >= 4 is 23.2 Å². The van der Waals surface area contributed by atoms with Gasteiger partial charge >= 0.3 is 0 Å². The van der Waals surface area contributed by atoms with Gasteiger partial charge in [-0.2, -0.15) is 5.10 Å². The third-order valence-corrected chi connectivity index (χ3v) is 3.33. The number of anilines is 1. The summed E-state index contributed by atoms with van der Waals surface area (Å²) in [4.78, 5) is 22.8. The highest BCUT2D eigenvalue weighted by Crippen LogP contribution is 2.18. The number of carbonyl (C=O) groups excluding carboxylic acids is 2. The van der Waals surface area contributed by atoms with Gasteiger partial charge in [-0.3, -0.25) is 9.59 Å². The van der Waals surface area contributed by atoms with E-state index < -0.39 is 0 Å². The number of benzene rings is 1. The summed E-state index contributed by atoms with van der Waals surface area (Å²) in [5, 5.41) is 6.93. The van der Waals surface area contributed by atoms with Gasteiger partial charge in [-0.15, -0.1) is 0 Å². The quantitative estimate of drug-likeness (QED) is 0.760. The van der Waals surface area contributed by atoms with Gasteiger partial charge in [0.25, 0.3) is 0 Å². The molecule has 1 unspecified atom stereocenters. The van der Waals surface area contributed by atoms with Gasteiger partial charge in [0, 0.05) is 24.4 Å². The van der Waals surface area contributed by atoms with Crippen LogP contribution in [-0.2, 0) is 9.59 Å². The van der Waals surface area contributed by atoms with Crippen LogP contribution in [-0.4, -0.2) is 24.1 Å². The standard InChI is InChI=1S/C15H20N4O2/c1-10-9-14(21)18-19-15(10)11-4-6-12(7-5-11)17-13(20)3-2-8-16/h4-7,10H,2-3,8-9,16H2,1H3,(H,17,20)(H,18,21). The maximum atomic E-state index is 11.6. The molecule has 0 aliphatic carbocycles. The molecule has 0 bridgehead atoms. The lowest BCUT2D eigenvalue weighted by Crippen LogP contribution is -2.31. The third-order valence-electron chi connectivity index (χ3n) is 3.33. The first-order valence-corrected chi connectivity index (χ1v) is 7.07. The van der Waals surface area contributed by atoms with Crippen molar-refractivity contribution in [2.45, 2.75) is 26.2 Å². The highest BCUT2D eigenvalue weighted by atomic mass is 16.2. The largest absolute Gasteiger partial charge is 0.330 e. The topological polar surface area (TPSA) is 96.6 Å². The van der Waals surface area contributed by atoms with Gasteiger partial charge in [-0.05, 0) is 30.7 Å². The molecule has 1 aliphatic heterocycles. The van der Waals surface area contributed by atoms with Crippen molar-refractivity contribution in [3.05, 3.63) is 29.8 Å². The summed E-state index contributed by atoms with van der Waals surface area (Å²) in [6.07, 6.45) is 1.54. The Hall–Kier alpha value is -2.21. The van der Waals surface area contributed by atoms with Gasteiger partial charge in [0.15, 0.2) is 0 Å². The van der Waals surface area contributed by atoms with Crippen LogP contribution in [0.3, 0.4) is 0 Å². The van der Waals surface area contributed by atoms with Crippen molar-refractivity contribution in [2.24, 2.45) is 16.8 Å². The van der Waals surface area contributed by atoms with Crippen molar-refractivity contribution < 1.29 is 9.59 Å². The van der Waals surface area contributed by atoms with Crippen molar-refractivity contribution in [3.63, 3.8) is 0 Å². The average Bonchev–Trinajstić information content (AvgIpc) is 2.46. The normalized spacial score (nSPS) is 17.9. The highest BCUT2D eigenvalue weighted by Gasteiger charge is 2.21. The van der Waals surface area contributed by atoms with Crippen molar-refractivity contribution in [1.82, 2.24) is 5.43 Å². The Morgan fingerprint density at radius 1 is 1.43 bits per heavy atom. The van der Waals surface area contributed by atoms with Gasteiger partial charge in [-0.1, -0.05) is 19.1 Å². The first kappa shape index (κ1) is 15.2. The highest BCUT2D eigenvalue weighted by molar-refractivity contribution is 6.06. The second kappa shape index (κ2) is 6.99. The zero-order chi connectivity index (χ0) is 15.2. The van der Waals surface area contributed by atoms with Gasteiger partial charge in [-0.25, -0.2) is 5.43 Å². The Kier molecular flexibility index (Phi) is 5.05. The number of hydrogen-bond donors (Lipinski definition) is 3. The number of nitrogens with zero attached hydrogens (tertiary/aromatic N) is 1. The molecule has 1 atom stereocenters. The van der Waals surface area contributed by atoms with E-state index in [1.54, 1.807) is 0 Å². The summed E-state index contributed by atoms with van der Waals surface area (Å²) < 4.78 is 0. The van der Waals surface area contributed by atoms with Crippen LogP contribution in [0.5, 0.6) is 0 Å². The minimum atomic E-state index is -0.0602. The lowest BCUT2D eigenvalue weighted by molar-refractivity contribution is -0.122. The fourth-order valence-electron chi connectivity index (χ4n) is 2.21. The summed E-state index contributed by atoms with van der Waals surface area (Å²) in [6.45, 7) is 2.48. The molecule has 6 nitrogen and oxygen atoms in total. The third kappa shape index (κ3) is 4.13. The maximum absolute atomic E-state index is 11.6. The number of hydrazone groups is 1. The number of rotatable bonds is 5. The molecule has 112 valence electrons. The number of amides is 2. The van der Waals surface area contributed by atoms with Crippen LogP contribution in [0.15, 0.2) is 29.4 Å². The molecule has 0 fully saturated rings. The van der Waals surface area contributed by atoms with Crippen LogP contribution < -0.4 is 16.5 Å². The maximum Gasteiger partial charge on any atom is 0.240 e. The molecule has 2 amide bonds. The molecule has 0 aromatic heterocycles. The Morgan fingerprint density at radius 3 is 2.76 bits per heavy atom. The Morgan fingerprint density at radius 2 is 2.14 bits per heavy atom. The van der Waals surface area contributed by atoms with Crippen LogP contribution in [0.2, 0.25) is 0 Å². The van der Waals surface area contributed by atoms with Crippen molar-refractivity contribution in [2.75, 3.05) is 11.9 Å². The molecular weight excluding hydrogens is 268 g/mol. The first-order chi connectivity index (χ1) is 10.1. The van der Waals surface area contributed by atoms with E-state index in [1.807, 2.05) is 31.2 Å². The number of carbonyl (C=O) groups is 2. The summed E-state index contributed by atoms with van der Waals surface area (Å²) in [6, 6.07) is 7.46. The van der Waals surface area contributed by atoms with E-state index in [-0.39, 0.29) is 17.7 Å². The van der Waals surface area contributed by atoms with Crippen LogP contribution in [0.4, 0.5) is 5.69 Å². The van der Waals surface area contributed by atoms with E-state index in [0.717, 1.165) is 17.0 Å². The number of hydrogen-bond acceptors (Lipinski definition) is 4. The molecule has 6 heteroatoms. The Labute approximate surface area is 123 Å². The molecule has 1 aromatic rings. The zero-order valence-electron chi connectivity index (χ0n) is 12.1. The fourth-order valence-corrected chi connectivity index (χ4v) is 2.21. The molecular formula is C15H20N4O2. The van der Waals surface area contributed by atoms with E-state index in [4.69, 9.17) is 5.73 Å². The second-order valence-corrected chi connectivity index (χ2v) is 5.15. The summed E-state index contributed by atoms with van der Waals surface area (Å²) in [7, 11) is 0. The molecule has 0 radical (unpaired) electrons. The predicted octanol–water partition coefficient (Wildman–Crippen LogP) is 1.22. The summed E-state index contributed by atoms with van der Waals surface area (Å²) >= 11 is 0. The lowest BCUT2D eigenvalue weighted by atomic mass is 9.94. The molecule has 0 spiro atoms. The van der Waals surface area contributed by atoms with Gasteiger partial charge in [0.2, 0.25) is 11.8 Å². The summed E-state index contributed by atoms with van der Waals surface area (Å²) in [5.74, 6) is -0.0115. The van der Waals surface area contributed by atoms with E-state index >= 15 is 0 Å². The summed E-state index contributed by atoms with van der Waals surface area (Å²) in [5.41, 5.74) is 10.4. The van der Waals surface area contributed by atoms with E-state index in [1.165, 1.54) is 0 Å². The zero-order valence-corrected chi connectivity index (χ0v) is 12.1. The van der Waals surface area contributed by atoms with Crippen LogP contribution in [0.25, 0.3) is 0 Å². The Bertz CT molecular complexity index is 551. The molecule has 1 aromatic carbocycles. The smallest absolute Gasteiger partial charge is 0.240 e. The van der Waals surface area contributed by atoms with E-state index in [2.05, 4.69) is 15.8 Å². The van der Waals surface area contributed by atoms with Gasteiger partial charge in [0.1, 0.15) is 0 Å². The molecule has 2 rings (SSSR count). The monoisotopic (exact) mass is 288 g/mol. The van der Waals surface area contributed by atoms with Crippen LogP contribution >= 0.6 is 0 Å². The van der Waals surface area contributed by atoms with Crippen molar-refractivity contribution in [1.29, 1.82) is 0 Å². The number of nitrogens with one attached hydrogen (secondary N) is 2. The predicted molar refractivity (Wildman–Crippen MR) is 81.8 cm³/mol. The van der Waals surface area contributed by atoms with E-state index in [9.17, 15) is 9.59 Å². The first-order valence-electron chi connectivity index (χ1n) is 7.07. The van der Waals surface area contributed by atoms with Gasteiger partial charge < -0.3 is 11.1 Å². The van der Waals surface area contributed by atoms with Crippen LogP contribution in [0.1, 0.15) is 31.7 Å². The SMILES string of the molecule is CC1CC(=O)NN=C1c1ccc(NC(=O)CCCN)cc1. The number of nitrogens with two attached hydrogens (primary N) is 1. The molecule has 0 saturated heterocycles. The lowest BCUT2D eigenvalue weighted by Gasteiger charge is -2.19. The average molecular weight is 288 g/mol. The minimum Gasteiger partial charge on any atom is -0.330 e. The molecule has 21 heavy (non-hydrogen) atoms. The van der Waals surface area contributed by atoms with E-state index in [0.29, 0.717) is 25.8 Å². The van der Waals surface area contributed by atoms with Crippen LogP contribution in [0, 0.1) is 5.92 Å².